The summed E-state index contributed by atoms with van der Waals surface area (Å²) < 4.78 is 0. The minimum atomic E-state index is -0.626. The minimum absolute atomic E-state index is 0.162. The van der Waals surface area contributed by atoms with E-state index in [2.05, 4.69) is 18.7 Å². The number of carboxylic acid groups (broad SMARTS) is 1. The first-order valence-electron chi connectivity index (χ1n) is 10.4. The Morgan fingerprint density at radius 2 is 1.21 bits per heavy atom. The van der Waals surface area contributed by atoms with E-state index in [1.165, 1.54) is 70.6 Å². The fourth-order valence-electron chi connectivity index (χ4n) is 3.70. The van der Waals surface area contributed by atoms with Crippen molar-refractivity contribution >= 4 is 5.97 Å². The van der Waals surface area contributed by atoms with Crippen LogP contribution in [-0.2, 0) is 4.79 Å². The lowest BCUT2D eigenvalue weighted by Gasteiger charge is -2.28. The largest absolute Gasteiger partial charge is 0.481 e. The smallest absolute Gasteiger partial charge is 0.308 e. The van der Waals surface area contributed by atoms with Gasteiger partial charge < -0.3 is 10.0 Å². The van der Waals surface area contributed by atoms with Crippen molar-refractivity contribution in [2.24, 2.45) is 5.92 Å². The summed E-state index contributed by atoms with van der Waals surface area (Å²) in [4.78, 5) is 13.6. The second kappa shape index (κ2) is 15.9. The number of hydrogen-bond donors (Lipinski definition) is 1. The Morgan fingerprint density at radius 1 is 0.792 bits per heavy atom. The van der Waals surface area contributed by atoms with Crippen LogP contribution in [-0.4, -0.2) is 36.1 Å². The standard InChI is InChI=1S/C21H43NO2/c1-5-7-8-9-10-11-12-13-14-15-16-17-18-19(21(23)24)20(6-2)22(3)4/h19-20H,5-18H2,1-4H3,(H,23,24). The molecule has 24 heavy (non-hydrogen) atoms. The molecular weight excluding hydrogens is 298 g/mol. The van der Waals surface area contributed by atoms with Gasteiger partial charge in [0.25, 0.3) is 0 Å². The van der Waals surface area contributed by atoms with Gasteiger partial charge in [0.2, 0.25) is 0 Å². The van der Waals surface area contributed by atoms with Crippen molar-refractivity contribution in [3.63, 3.8) is 0 Å². The maximum atomic E-state index is 11.5. The molecule has 144 valence electrons. The van der Waals surface area contributed by atoms with Gasteiger partial charge in [0.1, 0.15) is 0 Å². The summed E-state index contributed by atoms with van der Waals surface area (Å²) in [6, 6.07) is 0.162. The summed E-state index contributed by atoms with van der Waals surface area (Å²) >= 11 is 0. The highest BCUT2D eigenvalue weighted by molar-refractivity contribution is 5.70. The van der Waals surface area contributed by atoms with Crippen molar-refractivity contribution in [1.29, 1.82) is 0 Å². The molecule has 0 aromatic rings. The van der Waals surface area contributed by atoms with Gasteiger partial charge in [0, 0.05) is 6.04 Å². The molecule has 0 amide bonds. The lowest BCUT2D eigenvalue weighted by Crippen LogP contribution is -2.38. The molecular formula is C21H43NO2. The predicted molar refractivity (Wildman–Crippen MR) is 105 cm³/mol. The van der Waals surface area contributed by atoms with E-state index in [-0.39, 0.29) is 12.0 Å². The van der Waals surface area contributed by atoms with Crippen LogP contribution in [0.2, 0.25) is 0 Å². The molecule has 0 radical (unpaired) electrons. The molecule has 0 aliphatic heterocycles. The Labute approximate surface area is 151 Å². The number of carbonyl (C=O) groups is 1. The molecule has 0 aromatic carbocycles. The molecule has 2 atom stereocenters. The van der Waals surface area contributed by atoms with Crippen molar-refractivity contribution in [1.82, 2.24) is 4.90 Å². The van der Waals surface area contributed by atoms with Crippen molar-refractivity contribution < 1.29 is 9.90 Å². The fourth-order valence-corrected chi connectivity index (χ4v) is 3.70. The van der Waals surface area contributed by atoms with E-state index in [1.807, 2.05) is 14.1 Å². The highest BCUT2D eigenvalue weighted by atomic mass is 16.4. The van der Waals surface area contributed by atoms with Gasteiger partial charge in [-0.15, -0.1) is 0 Å². The number of rotatable bonds is 17. The van der Waals surface area contributed by atoms with Crippen LogP contribution in [0.15, 0.2) is 0 Å². The molecule has 3 nitrogen and oxygen atoms in total. The third-order valence-corrected chi connectivity index (χ3v) is 5.23. The van der Waals surface area contributed by atoms with Crippen LogP contribution in [0.25, 0.3) is 0 Å². The van der Waals surface area contributed by atoms with Gasteiger partial charge in [-0.05, 0) is 26.9 Å². The number of aliphatic carboxylic acids is 1. The van der Waals surface area contributed by atoms with Crippen LogP contribution in [0.3, 0.4) is 0 Å². The summed E-state index contributed by atoms with van der Waals surface area (Å²) in [5.74, 6) is -0.841. The quantitative estimate of drug-likeness (QED) is 0.324. The Bertz CT molecular complexity index is 292. The van der Waals surface area contributed by atoms with Crippen molar-refractivity contribution in [2.45, 2.75) is 110 Å². The molecule has 0 aromatic heterocycles. The highest BCUT2D eigenvalue weighted by Gasteiger charge is 2.27. The van der Waals surface area contributed by atoms with Crippen LogP contribution in [0.5, 0.6) is 0 Å². The molecule has 0 heterocycles. The Hall–Kier alpha value is -0.570. The highest BCUT2D eigenvalue weighted by Crippen LogP contribution is 2.21. The van der Waals surface area contributed by atoms with E-state index in [0.717, 1.165) is 19.3 Å². The zero-order valence-electron chi connectivity index (χ0n) is 16.9. The third-order valence-electron chi connectivity index (χ3n) is 5.23. The van der Waals surface area contributed by atoms with Gasteiger partial charge in [0.05, 0.1) is 5.92 Å². The maximum Gasteiger partial charge on any atom is 0.308 e. The molecule has 0 aliphatic rings. The lowest BCUT2D eigenvalue weighted by molar-refractivity contribution is -0.144. The van der Waals surface area contributed by atoms with Crippen LogP contribution < -0.4 is 0 Å². The summed E-state index contributed by atoms with van der Waals surface area (Å²) in [7, 11) is 3.98. The Morgan fingerprint density at radius 3 is 1.54 bits per heavy atom. The molecule has 1 N–H and O–H groups in total. The molecule has 0 aliphatic carbocycles. The predicted octanol–water partition coefficient (Wildman–Crippen LogP) is 6.12. The number of carboxylic acids is 1. The molecule has 3 heteroatoms. The summed E-state index contributed by atoms with van der Waals surface area (Å²) in [6.45, 7) is 4.35. The Kier molecular flexibility index (Phi) is 15.6. The average molecular weight is 342 g/mol. The van der Waals surface area contributed by atoms with E-state index < -0.39 is 5.97 Å². The second-order valence-corrected chi connectivity index (χ2v) is 7.56. The first kappa shape index (κ1) is 23.4. The minimum Gasteiger partial charge on any atom is -0.481 e. The lowest BCUT2D eigenvalue weighted by atomic mass is 9.90. The molecule has 2 unspecified atom stereocenters. The zero-order chi connectivity index (χ0) is 18.2. The molecule has 0 saturated heterocycles. The van der Waals surface area contributed by atoms with Gasteiger partial charge >= 0.3 is 5.97 Å². The van der Waals surface area contributed by atoms with Crippen LogP contribution in [0, 0.1) is 5.92 Å². The molecule has 0 rings (SSSR count). The Balaban J connectivity index is 3.61. The first-order chi connectivity index (χ1) is 11.5. The topological polar surface area (TPSA) is 40.5 Å². The molecule has 0 fully saturated rings. The van der Waals surface area contributed by atoms with E-state index in [0.29, 0.717) is 0 Å². The van der Waals surface area contributed by atoms with E-state index in [4.69, 9.17) is 0 Å². The molecule has 0 bridgehead atoms. The monoisotopic (exact) mass is 341 g/mol. The van der Waals surface area contributed by atoms with Gasteiger partial charge in [-0.2, -0.15) is 0 Å². The van der Waals surface area contributed by atoms with Crippen LogP contribution >= 0.6 is 0 Å². The van der Waals surface area contributed by atoms with Gasteiger partial charge in [-0.25, -0.2) is 0 Å². The van der Waals surface area contributed by atoms with Crippen molar-refractivity contribution in [3.05, 3.63) is 0 Å². The number of nitrogens with zero attached hydrogens (tertiary/aromatic N) is 1. The molecule has 0 saturated carbocycles. The van der Waals surface area contributed by atoms with Crippen LogP contribution in [0.1, 0.15) is 104 Å². The third kappa shape index (κ3) is 11.9. The van der Waals surface area contributed by atoms with Gasteiger partial charge in [-0.3, -0.25) is 4.79 Å². The van der Waals surface area contributed by atoms with Crippen LogP contribution in [0.4, 0.5) is 0 Å². The molecule has 0 spiro atoms. The van der Waals surface area contributed by atoms with Crippen molar-refractivity contribution in [3.8, 4) is 0 Å². The normalized spacial score (nSPS) is 14.0. The van der Waals surface area contributed by atoms with Crippen molar-refractivity contribution in [2.75, 3.05) is 14.1 Å². The second-order valence-electron chi connectivity index (χ2n) is 7.56. The van der Waals surface area contributed by atoms with E-state index in [9.17, 15) is 9.90 Å². The maximum absolute atomic E-state index is 11.5. The van der Waals surface area contributed by atoms with Gasteiger partial charge in [-0.1, -0.05) is 90.9 Å². The number of unbranched alkanes of at least 4 members (excludes halogenated alkanes) is 11. The first-order valence-corrected chi connectivity index (χ1v) is 10.4. The van der Waals surface area contributed by atoms with E-state index in [1.54, 1.807) is 0 Å². The average Bonchev–Trinajstić information content (AvgIpc) is 2.54. The summed E-state index contributed by atoms with van der Waals surface area (Å²) in [6.07, 6.45) is 17.6. The summed E-state index contributed by atoms with van der Waals surface area (Å²) in [5, 5.41) is 9.47. The zero-order valence-corrected chi connectivity index (χ0v) is 16.9. The number of hydrogen-bond acceptors (Lipinski definition) is 2. The summed E-state index contributed by atoms with van der Waals surface area (Å²) in [5.41, 5.74) is 0. The van der Waals surface area contributed by atoms with E-state index >= 15 is 0 Å². The van der Waals surface area contributed by atoms with Gasteiger partial charge in [0.15, 0.2) is 0 Å². The SMILES string of the molecule is CCCCCCCCCCCCCCC(C(=O)O)C(CC)N(C)C. The fraction of sp³-hybridized carbons (Fsp3) is 0.952.